The van der Waals surface area contributed by atoms with Gasteiger partial charge in [-0.1, -0.05) is 60.1 Å². The molecular weight excluding hydrogens is 432 g/mol. The number of nitrogens with one attached hydrogen (secondary N) is 2. The zero-order chi connectivity index (χ0) is 22.3. The first-order valence-corrected chi connectivity index (χ1v) is 11.9. The van der Waals surface area contributed by atoms with Gasteiger partial charge in [-0.3, -0.25) is 4.79 Å². The zero-order valence-corrected chi connectivity index (χ0v) is 18.8. The summed E-state index contributed by atoms with van der Waals surface area (Å²) in [6.07, 6.45) is 1.42. The third kappa shape index (κ3) is 6.66. The SMILES string of the molecule is Cc1c(Cl)cccc1NC(=O)CCc1ccc(S(=O)(=O)NCCc2ccccc2)cc1. The van der Waals surface area contributed by atoms with Crippen LogP contribution >= 0.6 is 11.6 Å². The minimum Gasteiger partial charge on any atom is -0.326 e. The number of halogens is 1. The third-order valence-electron chi connectivity index (χ3n) is 4.96. The highest BCUT2D eigenvalue weighted by atomic mass is 35.5. The van der Waals surface area contributed by atoms with Crippen molar-refractivity contribution >= 4 is 33.2 Å². The van der Waals surface area contributed by atoms with Gasteiger partial charge in [0.15, 0.2) is 0 Å². The number of carbonyl (C=O) groups excluding carboxylic acids is 1. The summed E-state index contributed by atoms with van der Waals surface area (Å²) in [6, 6.07) is 21.7. The molecule has 3 aromatic rings. The molecule has 0 saturated heterocycles. The van der Waals surface area contributed by atoms with Crippen molar-refractivity contribution < 1.29 is 13.2 Å². The van der Waals surface area contributed by atoms with Gasteiger partial charge in [-0.25, -0.2) is 13.1 Å². The van der Waals surface area contributed by atoms with Crippen molar-refractivity contribution in [3.05, 3.63) is 94.5 Å². The van der Waals surface area contributed by atoms with Gasteiger partial charge in [0.2, 0.25) is 15.9 Å². The average Bonchev–Trinajstić information content (AvgIpc) is 2.76. The molecule has 0 aliphatic rings. The molecule has 1 amide bonds. The topological polar surface area (TPSA) is 75.3 Å². The fraction of sp³-hybridized carbons (Fsp3) is 0.208. The Morgan fingerprint density at radius 1 is 0.871 bits per heavy atom. The molecule has 0 heterocycles. The van der Waals surface area contributed by atoms with E-state index in [1.807, 2.05) is 43.3 Å². The third-order valence-corrected chi connectivity index (χ3v) is 6.85. The maximum atomic E-state index is 12.5. The highest BCUT2D eigenvalue weighted by Gasteiger charge is 2.13. The molecule has 0 fully saturated rings. The van der Waals surface area contributed by atoms with Crippen molar-refractivity contribution in [1.82, 2.24) is 4.72 Å². The van der Waals surface area contributed by atoms with Crippen molar-refractivity contribution in [2.24, 2.45) is 0 Å². The number of amides is 1. The van der Waals surface area contributed by atoms with E-state index >= 15 is 0 Å². The Bertz CT molecular complexity index is 1130. The van der Waals surface area contributed by atoms with Crippen molar-refractivity contribution in [1.29, 1.82) is 0 Å². The predicted molar refractivity (Wildman–Crippen MR) is 125 cm³/mol. The van der Waals surface area contributed by atoms with Crippen molar-refractivity contribution in [2.75, 3.05) is 11.9 Å². The van der Waals surface area contributed by atoms with E-state index in [0.717, 1.165) is 16.7 Å². The summed E-state index contributed by atoms with van der Waals surface area (Å²) < 4.78 is 27.6. The molecule has 0 atom stereocenters. The predicted octanol–water partition coefficient (Wildman–Crippen LogP) is 4.74. The second-order valence-corrected chi connectivity index (χ2v) is 9.41. The van der Waals surface area contributed by atoms with Gasteiger partial charge in [0, 0.05) is 23.7 Å². The first-order valence-electron chi connectivity index (χ1n) is 10.0. The molecule has 0 aliphatic carbocycles. The number of rotatable bonds is 9. The van der Waals surface area contributed by atoms with Crippen LogP contribution in [0.5, 0.6) is 0 Å². The second-order valence-electron chi connectivity index (χ2n) is 7.24. The molecule has 5 nitrogen and oxygen atoms in total. The van der Waals surface area contributed by atoms with E-state index in [-0.39, 0.29) is 17.2 Å². The standard InChI is InChI=1S/C24H25ClN2O3S/c1-18-22(25)8-5-9-23(18)27-24(28)15-12-20-10-13-21(14-11-20)31(29,30)26-17-16-19-6-3-2-4-7-19/h2-11,13-14,26H,12,15-17H2,1H3,(H,27,28). The van der Waals surface area contributed by atoms with Crippen LogP contribution in [0.3, 0.4) is 0 Å². The first kappa shape index (κ1) is 23.0. The highest BCUT2D eigenvalue weighted by Crippen LogP contribution is 2.23. The fourth-order valence-electron chi connectivity index (χ4n) is 3.11. The molecular formula is C24H25ClN2O3S. The van der Waals surface area contributed by atoms with Crippen LogP contribution in [0, 0.1) is 6.92 Å². The van der Waals surface area contributed by atoms with Crippen molar-refractivity contribution in [2.45, 2.75) is 31.1 Å². The number of aryl methyl sites for hydroxylation is 1. The molecule has 31 heavy (non-hydrogen) atoms. The lowest BCUT2D eigenvalue weighted by atomic mass is 10.1. The summed E-state index contributed by atoms with van der Waals surface area (Å²) in [7, 11) is -3.57. The lowest BCUT2D eigenvalue weighted by Crippen LogP contribution is -2.26. The van der Waals surface area contributed by atoms with Gasteiger partial charge in [0.1, 0.15) is 0 Å². The van der Waals surface area contributed by atoms with E-state index in [0.29, 0.717) is 30.1 Å². The van der Waals surface area contributed by atoms with Gasteiger partial charge >= 0.3 is 0 Å². The summed E-state index contributed by atoms with van der Waals surface area (Å²) in [5.41, 5.74) is 3.49. The summed E-state index contributed by atoms with van der Waals surface area (Å²) in [4.78, 5) is 12.5. The first-order chi connectivity index (χ1) is 14.8. The quantitative estimate of drug-likeness (QED) is 0.488. The Morgan fingerprint density at radius 3 is 2.26 bits per heavy atom. The van der Waals surface area contributed by atoms with Gasteiger partial charge in [-0.15, -0.1) is 0 Å². The summed E-state index contributed by atoms with van der Waals surface area (Å²) in [6.45, 7) is 2.18. The Balaban J connectivity index is 1.51. The minimum absolute atomic E-state index is 0.121. The van der Waals surface area contributed by atoms with E-state index in [2.05, 4.69) is 10.0 Å². The Hall–Kier alpha value is -2.67. The highest BCUT2D eigenvalue weighted by molar-refractivity contribution is 7.89. The molecule has 3 rings (SSSR count). The van der Waals surface area contributed by atoms with Crippen LogP contribution in [0.15, 0.2) is 77.7 Å². The van der Waals surface area contributed by atoms with E-state index in [4.69, 9.17) is 11.6 Å². The van der Waals surface area contributed by atoms with Crippen LogP contribution in [0.25, 0.3) is 0 Å². The number of carbonyl (C=O) groups is 1. The molecule has 0 spiro atoms. The van der Waals surface area contributed by atoms with Crippen LogP contribution in [0.1, 0.15) is 23.1 Å². The number of sulfonamides is 1. The Kier molecular flexibility index (Phi) is 7.85. The number of hydrogen-bond donors (Lipinski definition) is 2. The molecule has 3 aromatic carbocycles. The van der Waals surface area contributed by atoms with Crippen LogP contribution in [-0.4, -0.2) is 20.9 Å². The summed E-state index contributed by atoms with van der Waals surface area (Å²) >= 11 is 6.08. The Labute approximate surface area is 188 Å². The normalized spacial score (nSPS) is 11.3. The molecule has 0 aliphatic heterocycles. The van der Waals surface area contributed by atoms with Crippen LogP contribution in [0.2, 0.25) is 5.02 Å². The van der Waals surface area contributed by atoms with Gasteiger partial charge in [0.05, 0.1) is 4.90 Å². The molecule has 0 radical (unpaired) electrons. The van der Waals surface area contributed by atoms with Crippen LogP contribution < -0.4 is 10.0 Å². The molecule has 2 N–H and O–H groups in total. The lowest BCUT2D eigenvalue weighted by molar-refractivity contribution is -0.116. The van der Waals surface area contributed by atoms with E-state index < -0.39 is 10.0 Å². The second kappa shape index (κ2) is 10.6. The summed E-state index contributed by atoms with van der Waals surface area (Å²) in [5, 5.41) is 3.47. The molecule has 162 valence electrons. The molecule has 0 bridgehead atoms. The largest absolute Gasteiger partial charge is 0.326 e. The van der Waals surface area contributed by atoms with Gasteiger partial charge in [0.25, 0.3) is 0 Å². The number of hydrogen-bond acceptors (Lipinski definition) is 3. The van der Waals surface area contributed by atoms with Crippen LogP contribution in [0.4, 0.5) is 5.69 Å². The lowest BCUT2D eigenvalue weighted by Gasteiger charge is -2.10. The van der Waals surface area contributed by atoms with Gasteiger partial charge < -0.3 is 5.32 Å². The fourth-order valence-corrected chi connectivity index (χ4v) is 4.31. The number of anilines is 1. The minimum atomic E-state index is -3.57. The molecule has 7 heteroatoms. The molecule has 0 aromatic heterocycles. The van der Waals surface area contributed by atoms with Crippen molar-refractivity contribution in [3.63, 3.8) is 0 Å². The molecule has 0 unspecified atom stereocenters. The van der Waals surface area contributed by atoms with Crippen molar-refractivity contribution in [3.8, 4) is 0 Å². The molecule has 0 saturated carbocycles. The van der Waals surface area contributed by atoms with E-state index in [1.165, 1.54) is 0 Å². The van der Waals surface area contributed by atoms with Gasteiger partial charge in [-0.05, 0) is 60.7 Å². The van der Waals surface area contributed by atoms with E-state index in [9.17, 15) is 13.2 Å². The van der Waals surface area contributed by atoms with E-state index in [1.54, 1.807) is 36.4 Å². The number of benzene rings is 3. The Morgan fingerprint density at radius 2 is 1.55 bits per heavy atom. The zero-order valence-electron chi connectivity index (χ0n) is 17.3. The summed E-state index contributed by atoms with van der Waals surface area (Å²) in [5.74, 6) is -0.121. The monoisotopic (exact) mass is 456 g/mol. The maximum absolute atomic E-state index is 12.5. The van der Waals surface area contributed by atoms with Crippen LogP contribution in [-0.2, 0) is 27.7 Å². The van der Waals surface area contributed by atoms with Gasteiger partial charge in [-0.2, -0.15) is 0 Å². The smallest absolute Gasteiger partial charge is 0.240 e. The maximum Gasteiger partial charge on any atom is 0.240 e. The average molecular weight is 457 g/mol.